The van der Waals surface area contributed by atoms with E-state index in [4.69, 9.17) is 14.7 Å². The van der Waals surface area contributed by atoms with Crippen LogP contribution in [-0.4, -0.2) is 28.3 Å². The Balaban J connectivity index is 1.91. The predicted octanol–water partition coefficient (Wildman–Crippen LogP) is 5.43. The first-order valence-electron chi connectivity index (χ1n) is 9.00. The Labute approximate surface area is 166 Å². The molecule has 0 spiro atoms. The monoisotopic (exact) mass is 393 g/mol. The molecule has 0 bridgehead atoms. The zero-order chi connectivity index (χ0) is 18.5. The first-order valence-corrected chi connectivity index (χ1v) is 11.0. The van der Waals surface area contributed by atoms with Crippen LogP contribution < -0.4 is 4.74 Å². The fourth-order valence-corrected chi connectivity index (χ4v) is 5.87. The molecule has 0 aliphatic heterocycles. The second-order valence-electron chi connectivity index (χ2n) is 6.73. The number of hydrogen-bond donors (Lipinski definition) is 0. The first-order chi connectivity index (χ1) is 13.2. The standard InChI is InChI=1S/C21H19N3OS2/c1-11-22-18-17-16(12-7-9-13(25-2)10-8-12)14-5-4-6-15(14)24-20(17)27-19(18)21(23-11)26-3/h7-10H,4-6H2,1-3H3. The van der Waals surface area contributed by atoms with Crippen molar-refractivity contribution in [3.05, 3.63) is 41.3 Å². The van der Waals surface area contributed by atoms with Gasteiger partial charge in [0.2, 0.25) is 0 Å². The molecular formula is C21H19N3OS2. The molecule has 0 radical (unpaired) electrons. The van der Waals surface area contributed by atoms with Crippen molar-refractivity contribution in [1.29, 1.82) is 0 Å². The maximum Gasteiger partial charge on any atom is 0.127 e. The second-order valence-corrected chi connectivity index (χ2v) is 8.53. The van der Waals surface area contributed by atoms with Crippen molar-refractivity contribution in [2.75, 3.05) is 13.4 Å². The third kappa shape index (κ3) is 2.62. The van der Waals surface area contributed by atoms with Crippen molar-refractivity contribution >= 4 is 43.5 Å². The number of methoxy groups -OCH3 is 1. The van der Waals surface area contributed by atoms with Gasteiger partial charge in [-0.25, -0.2) is 15.0 Å². The molecule has 3 aromatic heterocycles. The molecule has 136 valence electrons. The van der Waals surface area contributed by atoms with Gasteiger partial charge in [-0.1, -0.05) is 12.1 Å². The lowest BCUT2D eigenvalue weighted by molar-refractivity contribution is 0.415. The third-order valence-electron chi connectivity index (χ3n) is 5.14. The summed E-state index contributed by atoms with van der Waals surface area (Å²) in [6.07, 6.45) is 5.38. The minimum Gasteiger partial charge on any atom is -0.497 e. The summed E-state index contributed by atoms with van der Waals surface area (Å²) in [5, 5.41) is 2.22. The van der Waals surface area contributed by atoms with E-state index in [1.54, 1.807) is 30.2 Å². The van der Waals surface area contributed by atoms with Crippen LogP contribution in [-0.2, 0) is 12.8 Å². The first kappa shape index (κ1) is 17.0. The lowest BCUT2D eigenvalue weighted by atomic mass is 9.96. The summed E-state index contributed by atoms with van der Waals surface area (Å²) in [5.74, 6) is 1.69. The maximum absolute atomic E-state index is 5.35. The number of pyridine rings is 1. The lowest BCUT2D eigenvalue weighted by Crippen LogP contribution is -1.95. The number of rotatable bonds is 3. The van der Waals surface area contributed by atoms with E-state index >= 15 is 0 Å². The van der Waals surface area contributed by atoms with Crippen LogP contribution in [0.15, 0.2) is 29.3 Å². The Bertz CT molecular complexity index is 1180. The molecule has 27 heavy (non-hydrogen) atoms. The number of aromatic nitrogens is 3. The SMILES string of the molecule is COc1ccc(-c2c3c(nc4sc5c(SC)nc(C)nc5c24)CCC3)cc1. The minimum atomic E-state index is 0.813. The van der Waals surface area contributed by atoms with Crippen molar-refractivity contribution in [2.24, 2.45) is 0 Å². The highest BCUT2D eigenvalue weighted by molar-refractivity contribution is 7.98. The van der Waals surface area contributed by atoms with Gasteiger partial charge in [-0.15, -0.1) is 23.1 Å². The third-order valence-corrected chi connectivity index (χ3v) is 7.04. The molecular weight excluding hydrogens is 374 g/mol. The fraction of sp³-hybridized carbons (Fsp3) is 0.286. The average molecular weight is 394 g/mol. The molecule has 0 atom stereocenters. The van der Waals surface area contributed by atoms with E-state index in [1.807, 2.05) is 19.1 Å². The summed E-state index contributed by atoms with van der Waals surface area (Å²) in [5.41, 5.74) is 6.18. The summed E-state index contributed by atoms with van der Waals surface area (Å²) in [7, 11) is 1.70. The van der Waals surface area contributed by atoms with E-state index in [9.17, 15) is 0 Å². The predicted molar refractivity (Wildman–Crippen MR) is 113 cm³/mol. The van der Waals surface area contributed by atoms with Crippen LogP contribution in [0.4, 0.5) is 0 Å². The van der Waals surface area contributed by atoms with Crippen LogP contribution in [0.1, 0.15) is 23.5 Å². The molecule has 5 rings (SSSR count). The molecule has 1 aromatic carbocycles. The van der Waals surface area contributed by atoms with Crippen molar-refractivity contribution in [1.82, 2.24) is 15.0 Å². The Hall–Kier alpha value is -2.18. The van der Waals surface area contributed by atoms with Crippen molar-refractivity contribution in [2.45, 2.75) is 31.2 Å². The molecule has 0 N–H and O–H groups in total. The van der Waals surface area contributed by atoms with Crippen molar-refractivity contribution in [3.8, 4) is 16.9 Å². The number of nitrogens with zero attached hydrogens (tertiary/aromatic N) is 3. The Morgan fingerprint density at radius 1 is 1.07 bits per heavy atom. The number of hydrogen-bond acceptors (Lipinski definition) is 6. The van der Waals surface area contributed by atoms with E-state index in [-0.39, 0.29) is 0 Å². The zero-order valence-corrected chi connectivity index (χ0v) is 17.1. The van der Waals surface area contributed by atoms with Crippen molar-refractivity contribution in [3.63, 3.8) is 0 Å². The summed E-state index contributed by atoms with van der Waals surface area (Å²) in [6.45, 7) is 1.97. The number of thiophene rings is 1. The summed E-state index contributed by atoms with van der Waals surface area (Å²) in [6, 6.07) is 8.37. The minimum absolute atomic E-state index is 0.813. The van der Waals surface area contributed by atoms with Gasteiger partial charge in [0.05, 0.1) is 17.3 Å². The number of benzene rings is 1. The number of thioether (sulfide) groups is 1. The molecule has 0 unspecified atom stereocenters. The van der Waals surface area contributed by atoms with Crippen LogP contribution in [0.25, 0.3) is 31.6 Å². The average Bonchev–Trinajstić information content (AvgIpc) is 3.30. The smallest absolute Gasteiger partial charge is 0.127 e. The molecule has 1 aliphatic rings. The maximum atomic E-state index is 5.35. The topological polar surface area (TPSA) is 47.9 Å². The van der Waals surface area contributed by atoms with Gasteiger partial charge in [-0.2, -0.15) is 0 Å². The molecule has 0 saturated heterocycles. The molecule has 0 amide bonds. The van der Waals surface area contributed by atoms with Gasteiger partial charge >= 0.3 is 0 Å². The van der Waals surface area contributed by atoms with E-state index in [2.05, 4.69) is 23.4 Å². The molecule has 4 nitrogen and oxygen atoms in total. The van der Waals surface area contributed by atoms with Gasteiger partial charge < -0.3 is 4.74 Å². The number of ether oxygens (including phenoxy) is 1. The summed E-state index contributed by atoms with van der Waals surface area (Å²) in [4.78, 5) is 15.6. The van der Waals surface area contributed by atoms with Crippen molar-refractivity contribution < 1.29 is 4.74 Å². The van der Waals surface area contributed by atoms with E-state index in [1.165, 1.54) is 34.2 Å². The van der Waals surface area contributed by atoms with Crippen LogP contribution in [0.5, 0.6) is 5.75 Å². The highest BCUT2D eigenvalue weighted by atomic mass is 32.2. The van der Waals surface area contributed by atoms with Crippen LogP contribution >= 0.6 is 23.1 Å². The number of fused-ring (bicyclic) bond motifs is 4. The quantitative estimate of drug-likeness (QED) is 0.343. The van der Waals surface area contributed by atoms with E-state index in [0.717, 1.165) is 44.5 Å². The van der Waals surface area contributed by atoms with Gasteiger partial charge in [-0.3, -0.25) is 0 Å². The van der Waals surface area contributed by atoms with Gasteiger partial charge in [0, 0.05) is 11.1 Å². The van der Waals surface area contributed by atoms with Gasteiger partial charge in [-0.05, 0) is 61.3 Å². The summed E-state index contributed by atoms with van der Waals surface area (Å²) >= 11 is 3.40. The normalized spacial score (nSPS) is 13.4. The van der Waals surface area contributed by atoms with Crippen LogP contribution in [0.2, 0.25) is 0 Å². The Kier molecular flexibility index (Phi) is 4.06. The van der Waals surface area contributed by atoms with Gasteiger partial charge in [0.25, 0.3) is 0 Å². The Morgan fingerprint density at radius 2 is 1.89 bits per heavy atom. The largest absolute Gasteiger partial charge is 0.497 e. The molecule has 3 heterocycles. The highest BCUT2D eigenvalue weighted by Crippen LogP contribution is 2.45. The molecule has 1 aliphatic carbocycles. The Morgan fingerprint density at radius 3 is 2.63 bits per heavy atom. The second kappa shape index (κ2) is 6.46. The summed E-state index contributed by atoms with van der Waals surface area (Å²) < 4.78 is 6.50. The van der Waals surface area contributed by atoms with E-state index < -0.39 is 0 Å². The van der Waals surface area contributed by atoms with E-state index in [0.29, 0.717) is 0 Å². The molecule has 6 heteroatoms. The van der Waals surface area contributed by atoms with Crippen LogP contribution in [0.3, 0.4) is 0 Å². The highest BCUT2D eigenvalue weighted by Gasteiger charge is 2.25. The molecule has 4 aromatic rings. The molecule has 0 fully saturated rings. The van der Waals surface area contributed by atoms with Gasteiger partial charge in [0.1, 0.15) is 21.4 Å². The lowest BCUT2D eigenvalue weighted by Gasteiger charge is -2.11. The van der Waals surface area contributed by atoms with Gasteiger partial charge in [0.15, 0.2) is 0 Å². The molecule has 0 saturated carbocycles. The van der Waals surface area contributed by atoms with Crippen LogP contribution in [0, 0.1) is 6.92 Å². The number of aryl methyl sites for hydroxylation is 2. The fourth-order valence-electron chi connectivity index (χ4n) is 3.96. The zero-order valence-electron chi connectivity index (χ0n) is 15.5.